The number of amides is 1. The molecular formula is C23H25IN2O4. The van der Waals surface area contributed by atoms with Gasteiger partial charge in [0, 0.05) is 15.7 Å². The van der Waals surface area contributed by atoms with Crippen LogP contribution >= 0.6 is 22.6 Å². The van der Waals surface area contributed by atoms with Crippen LogP contribution in [-0.2, 0) is 9.59 Å². The van der Waals surface area contributed by atoms with Gasteiger partial charge in [-0.1, -0.05) is 24.3 Å². The van der Waals surface area contributed by atoms with Crippen LogP contribution in [0.2, 0.25) is 0 Å². The predicted octanol–water partition coefficient (Wildman–Crippen LogP) is 3.67. The summed E-state index contributed by atoms with van der Waals surface area (Å²) in [6, 6.07) is 13.9. The molecular weight excluding hydrogens is 495 g/mol. The zero-order chi connectivity index (χ0) is 21.8. The van der Waals surface area contributed by atoms with Gasteiger partial charge in [-0.2, -0.15) is 0 Å². The molecule has 1 atom stereocenters. The van der Waals surface area contributed by atoms with Crippen LogP contribution in [-0.4, -0.2) is 60.9 Å². The Labute approximate surface area is 190 Å². The minimum atomic E-state index is -0.663. The van der Waals surface area contributed by atoms with E-state index in [1.54, 1.807) is 29.2 Å². The summed E-state index contributed by atoms with van der Waals surface area (Å²) >= 11 is 2.21. The predicted molar refractivity (Wildman–Crippen MR) is 124 cm³/mol. The maximum absolute atomic E-state index is 13.0. The van der Waals surface area contributed by atoms with E-state index in [4.69, 9.17) is 4.74 Å². The van der Waals surface area contributed by atoms with Crippen LogP contribution in [0.15, 0.2) is 54.1 Å². The number of carbonyl (C=O) groups is 2. The van der Waals surface area contributed by atoms with Gasteiger partial charge < -0.3 is 19.6 Å². The number of Topliss-reactive ketones (excluding diaryl/α,β-unsaturated/α-hetero) is 1. The van der Waals surface area contributed by atoms with E-state index in [0.29, 0.717) is 17.9 Å². The van der Waals surface area contributed by atoms with Crippen molar-refractivity contribution in [3.8, 4) is 5.75 Å². The molecule has 0 radical (unpaired) electrons. The maximum atomic E-state index is 13.0. The monoisotopic (exact) mass is 520 g/mol. The number of nitrogens with zero attached hydrogens (tertiary/aromatic N) is 2. The molecule has 0 spiro atoms. The number of halogens is 1. The molecule has 0 aromatic heterocycles. The van der Waals surface area contributed by atoms with E-state index < -0.39 is 17.7 Å². The molecule has 1 saturated heterocycles. The molecule has 1 N–H and O–H groups in total. The molecule has 1 aliphatic heterocycles. The van der Waals surface area contributed by atoms with Crippen molar-refractivity contribution in [3.63, 3.8) is 0 Å². The smallest absolute Gasteiger partial charge is 0.295 e. The number of hydrogen-bond acceptors (Lipinski definition) is 5. The van der Waals surface area contributed by atoms with Gasteiger partial charge in [-0.3, -0.25) is 9.59 Å². The fourth-order valence-corrected chi connectivity index (χ4v) is 3.95. The van der Waals surface area contributed by atoms with Crippen LogP contribution in [0.5, 0.6) is 5.75 Å². The number of aliphatic hydroxyl groups is 1. The minimum absolute atomic E-state index is 0.110. The Morgan fingerprint density at radius 2 is 1.87 bits per heavy atom. The van der Waals surface area contributed by atoms with Crippen molar-refractivity contribution < 1.29 is 19.4 Å². The summed E-state index contributed by atoms with van der Waals surface area (Å²) in [6.45, 7) is 1.21. The Bertz CT molecular complexity index is 969. The van der Waals surface area contributed by atoms with E-state index in [-0.39, 0.29) is 11.3 Å². The zero-order valence-electron chi connectivity index (χ0n) is 17.3. The average Bonchev–Trinajstić information content (AvgIpc) is 2.98. The number of methoxy groups -OCH3 is 1. The Morgan fingerprint density at radius 1 is 1.17 bits per heavy atom. The topological polar surface area (TPSA) is 70.1 Å². The Balaban J connectivity index is 2.09. The number of hydrogen-bond donors (Lipinski definition) is 1. The molecule has 1 aliphatic rings. The first-order valence-corrected chi connectivity index (χ1v) is 10.7. The lowest BCUT2D eigenvalue weighted by Crippen LogP contribution is -2.32. The second-order valence-corrected chi connectivity index (χ2v) is 8.68. The molecule has 1 fully saturated rings. The van der Waals surface area contributed by atoms with Crippen molar-refractivity contribution in [2.75, 3.05) is 34.3 Å². The van der Waals surface area contributed by atoms with Gasteiger partial charge in [0.2, 0.25) is 0 Å². The largest absolute Gasteiger partial charge is 0.507 e. The minimum Gasteiger partial charge on any atom is -0.507 e. The Kier molecular flexibility index (Phi) is 7.14. The van der Waals surface area contributed by atoms with Crippen LogP contribution in [0.1, 0.15) is 23.6 Å². The van der Waals surface area contributed by atoms with Gasteiger partial charge in [-0.15, -0.1) is 0 Å². The molecule has 6 nitrogen and oxygen atoms in total. The van der Waals surface area contributed by atoms with Gasteiger partial charge >= 0.3 is 0 Å². The fourth-order valence-electron chi connectivity index (χ4n) is 3.59. The number of likely N-dealkylation sites (tertiary alicyclic amines) is 1. The van der Waals surface area contributed by atoms with Gasteiger partial charge in [0.05, 0.1) is 18.7 Å². The first-order chi connectivity index (χ1) is 14.3. The third kappa shape index (κ3) is 4.67. The highest BCUT2D eigenvalue weighted by Crippen LogP contribution is 2.39. The first-order valence-electron chi connectivity index (χ1n) is 9.66. The molecule has 1 amide bonds. The number of benzene rings is 2. The van der Waals surface area contributed by atoms with Gasteiger partial charge in [-0.05, 0) is 79.5 Å². The highest BCUT2D eigenvalue weighted by atomic mass is 127. The van der Waals surface area contributed by atoms with Crippen molar-refractivity contribution in [1.29, 1.82) is 0 Å². The molecule has 1 heterocycles. The van der Waals surface area contributed by atoms with Gasteiger partial charge in [-0.25, -0.2) is 0 Å². The molecule has 0 aliphatic carbocycles. The van der Waals surface area contributed by atoms with Crippen LogP contribution in [0.4, 0.5) is 0 Å². The molecule has 3 rings (SSSR count). The number of ether oxygens (including phenoxy) is 1. The highest BCUT2D eigenvalue weighted by molar-refractivity contribution is 14.1. The lowest BCUT2D eigenvalue weighted by atomic mass is 9.95. The van der Waals surface area contributed by atoms with Crippen LogP contribution in [0.25, 0.3) is 5.76 Å². The SMILES string of the molecule is COc1cccc(C(O)=C2C(=O)C(=O)N(CCCN(C)C)C2c2ccc(I)cc2)c1. The van der Waals surface area contributed by atoms with Gasteiger partial charge in [0.25, 0.3) is 11.7 Å². The summed E-state index contributed by atoms with van der Waals surface area (Å²) in [5.41, 5.74) is 1.35. The maximum Gasteiger partial charge on any atom is 0.295 e. The van der Waals surface area contributed by atoms with E-state index in [2.05, 4.69) is 22.6 Å². The molecule has 30 heavy (non-hydrogen) atoms. The molecule has 158 valence electrons. The standard InChI is InChI=1S/C23H25IN2O4/c1-25(2)12-5-13-26-20(15-8-10-17(24)11-9-15)19(22(28)23(26)29)21(27)16-6-4-7-18(14-16)30-3/h4,6-11,14,20,27H,5,12-13H2,1-3H3. The average molecular weight is 520 g/mol. The molecule has 7 heteroatoms. The third-order valence-corrected chi connectivity index (χ3v) is 5.79. The van der Waals surface area contributed by atoms with Crippen molar-refractivity contribution in [2.45, 2.75) is 12.5 Å². The normalized spacial score (nSPS) is 18.3. The summed E-state index contributed by atoms with van der Waals surface area (Å²) in [5, 5.41) is 11.1. The van der Waals surface area contributed by atoms with Gasteiger partial charge in [0.15, 0.2) is 0 Å². The third-order valence-electron chi connectivity index (χ3n) is 5.07. The zero-order valence-corrected chi connectivity index (χ0v) is 19.4. The summed E-state index contributed by atoms with van der Waals surface area (Å²) in [5.74, 6) is -0.874. The Morgan fingerprint density at radius 3 is 2.50 bits per heavy atom. The lowest BCUT2D eigenvalue weighted by Gasteiger charge is -2.26. The molecule has 1 unspecified atom stereocenters. The fraction of sp³-hybridized carbons (Fsp3) is 0.304. The number of aliphatic hydroxyl groups excluding tert-OH is 1. The summed E-state index contributed by atoms with van der Waals surface area (Å²) in [7, 11) is 5.47. The van der Waals surface area contributed by atoms with Crippen molar-refractivity contribution in [3.05, 3.63) is 68.8 Å². The second kappa shape index (κ2) is 9.61. The summed E-state index contributed by atoms with van der Waals surface area (Å²) in [4.78, 5) is 29.5. The van der Waals surface area contributed by atoms with E-state index in [9.17, 15) is 14.7 Å². The summed E-state index contributed by atoms with van der Waals surface area (Å²) in [6.07, 6.45) is 0.722. The highest BCUT2D eigenvalue weighted by Gasteiger charge is 2.45. The van der Waals surface area contributed by atoms with E-state index in [1.807, 2.05) is 43.3 Å². The molecule has 0 saturated carbocycles. The molecule has 0 bridgehead atoms. The van der Waals surface area contributed by atoms with E-state index in [0.717, 1.165) is 22.1 Å². The van der Waals surface area contributed by atoms with E-state index in [1.165, 1.54) is 7.11 Å². The summed E-state index contributed by atoms with van der Waals surface area (Å²) < 4.78 is 6.29. The van der Waals surface area contributed by atoms with Gasteiger partial charge in [0.1, 0.15) is 11.5 Å². The van der Waals surface area contributed by atoms with Crippen molar-refractivity contribution in [2.24, 2.45) is 0 Å². The second-order valence-electron chi connectivity index (χ2n) is 7.43. The number of carbonyl (C=O) groups excluding carboxylic acids is 2. The Hall–Kier alpha value is -2.39. The number of ketones is 1. The quantitative estimate of drug-likeness (QED) is 0.261. The van der Waals surface area contributed by atoms with E-state index >= 15 is 0 Å². The molecule has 2 aromatic rings. The lowest BCUT2D eigenvalue weighted by molar-refractivity contribution is -0.139. The number of rotatable bonds is 7. The molecule has 2 aromatic carbocycles. The van der Waals surface area contributed by atoms with Crippen molar-refractivity contribution in [1.82, 2.24) is 9.80 Å². The van der Waals surface area contributed by atoms with Crippen LogP contribution in [0.3, 0.4) is 0 Å². The first kappa shape index (κ1) is 22.3. The van der Waals surface area contributed by atoms with Crippen molar-refractivity contribution >= 4 is 40.0 Å². The van der Waals surface area contributed by atoms with Crippen LogP contribution in [0, 0.1) is 3.57 Å². The van der Waals surface area contributed by atoms with Crippen LogP contribution < -0.4 is 4.74 Å².